The predicted molar refractivity (Wildman–Crippen MR) is 34.8 cm³/mol. The minimum absolute atomic E-state index is 0.101. The van der Waals surface area contributed by atoms with Crippen molar-refractivity contribution in [1.82, 2.24) is 0 Å². The van der Waals surface area contributed by atoms with Crippen LogP contribution in [0.2, 0.25) is 0 Å². The average Bonchev–Trinajstić information content (AvgIpc) is 2.37. The van der Waals surface area contributed by atoms with Gasteiger partial charge in [-0.05, 0) is 31.1 Å². The molecule has 2 nitrogen and oxygen atoms in total. The zero-order chi connectivity index (χ0) is 6.43. The quantitative estimate of drug-likeness (QED) is 0.485. The van der Waals surface area contributed by atoms with Crippen molar-refractivity contribution in [2.75, 3.05) is 0 Å². The molecule has 9 heavy (non-hydrogen) atoms. The molecule has 52 valence electrons. The summed E-state index contributed by atoms with van der Waals surface area (Å²) in [4.78, 5) is 0. The topological polar surface area (TPSA) is 46.2 Å². The minimum atomic E-state index is -0.177. The first kappa shape index (κ1) is 5.69. The summed E-state index contributed by atoms with van der Waals surface area (Å²) in [5.74, 6) is 1.19. The van der Waals surface area contributed by atoms with E-state index in [9.17, 15) is 5.11 Å². The van der Waals surface area contributed by atoms with Crippen LogP contribution in [-0.4, -0.2) is 17.3 Å². The van der Waals surface area contributed by atoms with Gasteiger partial charge in [0.1, 0.15) is 0 Å². The van der Waals surface area contributed by atoms with Gasteiger partial charge in [0.25, 0.3) is 0 Å². The Hall–Kier alpha value is -0.0800. The minimum Gasteiger partial charge on any atom is -0.391 e. The molecule has 2 aliphatic carbocycles. The maximum absolute atomic E-state index is 9.36. The lowest BCUT2D eigenvalue weighted by Gasteiger charge is -2.22. The third-order valence-corrected chi connectivity index (χ3v) is 2.94. The Morgan fingerprint density at radius 1 is 1.22 bits per heavy atom. The second-order valence-electron chi connectivity index (χ2n) is 3.40. The molecule has 2 saturated carbocycles. The lowest BCUT2D eigenvalue weighted by atomic mass is 9.94. The highest BCUT2D eigenvalue weighted by molar-refractivity contribution is 4.98. The van der Waals surface area contributed by atoms with E-state index in [4.69, 9.17) is 5.73 Å². The average molecular weight is 127 g/mol. The molecule has 3 N–H and O–H groups in total. The number of nitrogens with two attached hydrogens (primary N) is 1. The molecular weight excluding hydrogens is 114 g/mol. The largest absolute Gasteiger partial charge is 0.391 e. The summed E-state index contributed by atoms with van der Waals surface area (Å²) in [6.45, 7) is 0. The summed E-state index contributed by atoms with van der Waals surface area (Å²) in [5, 5.41) is 9.36. The Morgan fingerprint density at radius 2 is 1.89 bits per heavy atom. The highest BCUT2D eigenvalue weighted by Gasteiger charge is 2.44. The zero-order valence-corrected chi connectivity index (χ0v) is 5.46. The Balaban J connectivity index is 2.15. The number of hydrogen-bond donors (Lipinski definition) is 2. The second kappa shape index (κ2) is 1.70. The molecule has 0 spiro atoms. The van der Waals surface area contributed by atoms with Crippen LogP contribution in [0.5, 0.6) is 0 Å². The summed E-state index contributed by atoms with van der Waals surface area (Å²) in [6, 6.07) is 0.101. The van der Waals surface area contributed by atoms with Crippen LogP contribution in [0.4, 0.5) is 0 Å². The van der Waals surface area contributed by atoms with Crippen molar-refractivity contribution in [3.05, 3.63) is 0 Å². The summed E-state index contributed by atoms with van der Waals surface area (Å²) < 4.78 is 0. The van der Waals surface area contributed by atoms with Crippen molar-refractivity contribution in [2.45, 2.75) is 31.4 Å². The molecule has 0 amide bonds. The van der Waals surface area contributed by atoms with Crippen LogP contribution in [0.1, 0.15) is 19.3 Å². The standard InChI is InChI=1S/C7H13NO/c8-6-4-1-2-5(3-4)7(6)9/h4-7,9H,1-3,8H2/t4?,5?,6-,7+/m0/s1. The fourth-order valence-corrected chi connectivity index (χ4v) is 2.31. The lowest BCUT2D eigenvalue weighted by molar-refractivity contribution is 0.0944. The third-order valence-electron chi connectivity index (χ3n) is 2.94. The van der Waals surface area contributed by atoms with Crippen LogP contribution < -0.4 is 5.73 Å². The summed E-state index contributed by atoms with van der Waals surface area (Å²) in [7, 11) is 0. The second-order valence-corrected chi connectivity index (χ2v) is 3.40. The van der Waals surface area contributed by atoms with E-state index in [-0.39, 0.29) is 12.1 Å². The van der Waals surface area contributed by atoms with E-state index in [1.54, 1.807) is 0 Å². The van der Waals surface area contributed by atoms with Crippen molar-refractivity contribution in [2.24, 2.45) is 17.6 Å². The van der Waals surface area contributed by atoms with E-state index in [0.717, 1.165) is 0 Å². The normalized spacial score (nSPS) is 56.7. The van der Waals surface area contributed by atoms with E-state index in [1.807, 2.05) is 0 Å². The summed E-state index contributed by atoms with van der Waals surface area (Å²) in [6.07, 6.45) is 3.47. The van der Waals surface area contributed by atoms with Gasteiger partial charge in [0.05, 0.1) is 6.10 Å². The molecule has 0 aliphatic heterocycles. The number of aliphatic hydroxyl groups excluding tert-OH is 1. The molecule has 2 heteroatoms. The maximum Gasteiger partial charge on any atom is 0.0721 e. The Morgan fingerprint density at radius 3 is 2.22 bits per heavy atom. The zero-order valence-electron chi connectivity index (χ0n) is 5.46. The van der Waals surface area contributed by atoms with Gasteiger partial charge < -0.3 is 10.8 Å². The molecular formula is C7H13NO. The fourth-order valence-electron chi connectivity index (χ4n) is 2.31. The first-order valence-electron chi connectivity index (χ1n) is 3.72. The van der Waals surface area contributed by atoms with Crippen molar-refractivity contribution in [3.8, 4) is 0 Å². The lowest BCUT2D eigenvalue weighted by Crippen LogP contribution is -2.39. The Bertz CT molecular complexity index is 108. The van der Waals surface area contributed by atoms with Crippen LogP contribution >= 0.6 is 0 Å². The monoisotopic (exact) mass is 127 g/mol. The van der Waals surface area contributed by atoms with E-state index in [1.165, 1.54) is 19.3 Å². The molecule has 0 saturated heterocycles. The summed E-state index contributed by atoms with van der Waals surface area (Å²) >= 11 is 0. The van der Waals surface area contributed by atoms with Crippen LogP contribution in [0, 0.1) is 11.8 Å². The molecule has 0 aromatic rings. The van der Waals surface area contributed by atoms with Crippen molar-refractivity contribution >= 4 is 0 Å². The Kier molecular flexibility index (Phi) is 1.08. The van der Waals surface area contributed by atoms with Gasteiger partial charge in [0.2, 0.25) is 0 Å². The highest BCUT2D eigenvalue weighted by Crippen LogP contribution is 2.43. The van der Waals surface area contributed by atoms with Crippen LogP contribution in [-0.2, 0) is 0 Å². The molecule has 2 bridgehead atoms. The van der Waals surface area contributed by atoms with Gasteiger partial charge >= 0.3 is 0 Å². The first-order valence-corrected chi connectivity index (χ1v) is 3.72. The van der Waals surface area contributed by atoms with Crippen LogP contribution in [0.15, 0.2) is 0 Å². The molecule has 0 radical (unpaired) electrons. The van der Waals surface area contributed by atoms with Gasteiger partial charge in [0, 0.05) is 6.04 Å². The van der Waals surface area contributed by atoms with E-state index in [2.05, 4.69) is 0 Å². The molecule has 2 rings (SSSR count). The van der Waals surface area contributed by atoms with Crippen molar-refractivity contribution in [3.63, 3.8) is 0 Å². The predicted octanol–water partition coefficient (Wildman–Crippen LogP) is 0.104. The number of aliphatic hydroxyl groups is 1. The molecule has 2 unspecified atom stereocenters. The number of fused-ring (bicyclic) bond motifs is 2. The SMILES string of the molecule is N[C@H]1C2CCC(C2)[C@H]1O. The first-order chi connectivity index (χ1) is 4.29. The molecule has 0 aromatic heterocycles. The van der Waals surface area contributed by atoms with Gasteiger partial charge in [-0.1, -0.05) is 0 Å². The molecule has 0 heterocycles. The smallest absolute Gasteiger partial charge is 0.0721 e. The van der Waals surface area contributed by atoms with Crippen molar-refractivity contribution in [1.29, 1.82) is 0 Å². The van der Waals surface area contributed by atoms with Crippen LogP contribution in [0.25, 0.3) is 0 Å². The molecule has 0 aromatic carbocycles. The van der Waals surface area contributed by atoms with Crippen LogP contribution in [0.3, 0.4) is 0 Å². The van der Waals surface area contributed by atoms with Gasteiger partial charge in [-0.15, -0.1) is 0 Å². The Labute approximate surface area is 55.1 Å². The summed E-state index contributed by atoms with van der Waals surface area (Å²) in [5.41, 5.74) is 5.71. The molecule has 4 atom stereocenters. The number of rotatable bonds is 0. The van der Waals surface area contributed by atoms with E-state index in [0.29, 0.717) is 11.8 Å². The van der Waals surface area contributed by atoms with Gasteiger partial charge in [-0.3, -0.25) is 0 Å². The molecule has 2 aliphatic rings. The molecule has 2 fully saturated rings. The number of hydrogen-bond acceptors (Lipinski definition) is 2. The van der Waals surface area contributed by atoms with E-state index < -0.39 is 0 Å². The van der Waals surface area contributed by atoms with Gasteiger partial charge in [-0.2, -0.15) is 0 Å². The third kappa shape index (κ3) is 0.634. The van der Waals surface area contributed by atoms with Gasteiger partial charge in [-0.25, -0.2) is 0 Å². The maximum atomic E-state index is 9.36. The van der Waals surface area contributed by atoms with Gasteiger partial charge in [0.15, 0.2) is 0 Å². The van der Waals surface area contributed by atoms with E-state index >= 15 is 0 Å². The highest BCUT2D eigenvalue weighted by atomic mass is 16.3. The fraction of sp³-hybridized carbons (Fsp3) is 1.00. The van der Waals surface area contributed by atoms with Crippen molar-refractivity contribution < 1.29 is 5.11 Å².